The average Bonchev–Trinajstić information content (AvgIpc) is 2.31. The Labute approximate surface area is 98.6 Å². The summed E-state index contributed by atoms with van der Waals surface area (Å²) in [4.78, 5) is 9.10. The van der Waals surface area contributed by atoms with Gasteiger partial charge in [0, 0.05) is 11.1 Å². The summed E-state index contributed by atoms with van der Waals surface area (Å²) in [5.41, 5.74) is 0.923. The third-order valence-electron chi connectivity index (χ3n) is 2.14. The van der Waals surface area contributed by atoms with Crippen molar-refractivity contribution in [3.05, 3.63) is 48.4 Å². The van der Waals surface area contributed by atoms with Gasteiger partial charge in [0.15, 0.2) is 0 Å². The number of nitrogens with zero attached hydrogens (tertiary/aromatic N) is 2. The molecule has 0 aliphatic heterocycles. The lowest BCUT2D eigenvalue weighted by Gasteiger charge is -2.05. The first kappa shape index (κ1) is 11.1. The van der Waals surface area contributed by atoms with Gasteiger partial charge in [0.1, 0.15) is 11.4 Å². The zero-order valence-electron chi connectivity index (χ0n) is 8.87. The molecule has 0 saturated heterocycles. The molecule has 0 unspecified atom stereocenters. The van der Waals surface area contributed by atoms with Crippen molar-refractivity contribution in [2.45, 2.75) is 22.9 Å². The Morgan fingerprint density at radius 1 is 1.19 bits per heavy atom. The van der Waals surface area contributed by atoms with Crippen molar-refractivity contribution in [1.82, 2.24) is 9.97 Å². The Bertz CT molecular complexity index is 442. The second-order valence-electron chi connectivity index (χ2n) is 3.39. The van der Waals surface area contributed by atoms with E-state index in [9.17, 15) is 5.11 Å². The molecule has 0 amide bonds. The normalized spacial score (nSPS) is 12.4. The van der Waals surface area contributed by atoms with E-state index in [1.165, 1.54) is 6.33 Å². The van der Waals surface area contributed by atoms with E-state index < -0.39 is 6.10 Å². The standard InChI is InChI=1S/C12H12N2OS/c1-9(15)10-2-4-11(5-3-10)16-12-6-7-13-8-14-12/h2-9,15H,1H3/t9-/m0/s1. The lowest BCUT2D eigenvalue weighted by Crippen LogP contribution is -1.89. The smallest absolute Gasteiger partial charge is 0.116 e. The third-order valence-corrected chi connectivity index (χ3v) is 3.10. The first-order chi connectivity index (χ1) is 7.75. The van der Waals surface area contributed by atoms with Gasteiger partial charge in [0.05, 0.1) is 6.10 Å². The molecular formula is C12H12N2OS. The van der Waals surface area contributed by atoms with Gasteiger partial charge in [-0.1, -0.05) is 23.9 Å². The van der Waals surface area contributed by atoms with Crippen LogP contribution in [0.5, 0.6) is 0 Å². The monoisotopic (exact) mass is 232 g/mol. The molecule has 0 aliphatic rings. The van der Waals surface area contributed by atoms with Crippen LogP contribution >= 0.6 is 11.8 Å². The van der Waals surface area contributed by atoms with Crippen LogP contribution < -0.4 is 0 Å². The van der Waals surface area contributed by atoms with Crippen LogP contribution in [0.4, 0.5) is 0 Å². The maximum atomic E-state index is 9.38. The van der Waals surface area contributed by atoms with Crippen LogP contribution in [-0.2, 0) is 0 Å². The number of hydrogen-bond donors (Lipinski definition) is 1. The quantitative estimate of drug-likeness (QED) is 0.826. The minimum absolute atomic E-state index is 0.418. The minimum Gasteiger partial charge on any atom is -0.389 e. The van der Waals surface area contributed by atoms with Crippen LogP contribution in [0.25, 0.3) is 0 Å². The van der Waals surface area contributed by atoms with E-state index in [0.717, 1.165) is 15.5 Å². The van der Waals surface area contributed by atoms with E-state index in [0.29, 0.717) is 0 Å². The van der Waals surface area contributed by atoms with Crippen LogP contribution in [0, 0.1) is 0 Å². The number of aromatic nitrogens is 2. The van der Waals surface area contributed by atoms with Crippen molar-refractivity contribution < 1.29 is 5.11 Å². The Hall–Kier alpha value is -1.39. The Kier molecular flexibility index (Phi) is 3.54. The summed E-state index contributed by atoms with van der Waals surface area (Å²) in [6, 6.07) is 9.68. The molecule has 0 bridgehead atoms. The summed E-state index contributed by atoms with van der Waals surface area (Å²) < 4.78 is 0. The van der Waals surface area contributed by atoms with Gasteiger partial charge in [-0.2, -0.15) is 0 Å². The van der Waals surface area contributed by atoms with E-state index in [4.69, 9.17) is 0 Å². The molecule has 0 radical (unpaired) electrons. The average molecular weight is 232 g/mol. The molecule has 1 aromatic carbocycles. The molecule has 3 nitrogen and oxygen atoms in total. The molecule has 1 heterocycles. The molecule has 1 atom stereocenters. The fraction of sp³-hybridized carbons (Fsp3) is 0.167. The molecule has 0 fully saturated rings. The van der Waals surface area contributed by atoms with Crippen molar-refractivity contribution in [2.75, 3.05) is 0 Å². The van der Waals surface area contributed by atoms with E-state index in [1.807, 2.05) is 30.3 Å². The number of aliphatic hydroxyl groups excluding tert-OH is 1. The number of aliphatic hydroxyl groups is 1. The SMILES string of the molecule is C[C@H](O)c1ccc(Sc2ccncn2)cc1. The second-order valence-corrected chi connectivity index (χ2v) is 4.49. The maximum absolute atomic E-state index is 9.38. The van der Waals surface area contributed by atoms with Crippen molar-refractivity contribution in [3.63, 3.8) is 0 Å². The number of hydrogen-bond acceptors (Lipinski definition) is 4. The Morgan fingerprint density at radius 2 is 1.94 bits per heavy atom. The third kappa shape index (κ3) is 2.81. The number of rotatable bonds is 3. The van der Waals surface area contributed by atoms with Gasteiger partial charge in [-0.25, -0.2) is 9.97 Å². The molecule has 0 spiro atoms. The molecule has 1 N–H and O–H groups in total. The van der Waals surface area contributed by atoms with E-state index in [2.05, 4.69) is 9.97 Å². The molecule has 4 heteroatoms. The van der Waals surface area contributed by atoms with Crippen molar-refractivity contribution >= 4 is 11.8 Å². The predicted octanol–water partition coefficient (Wildman–Crippen LogP) is 2.68. The van der Waals surface area contributed by atoms with Gasteiger partial charge in [0.25, 0.3) is 0 Å². The predicted molar refractivity (Wildman–Crippen MR) is 63.2 cm³/mol. The molecule has 82 valence electrons. The van der Waals surface area contributed by atoms with Crippen LogP contribution in [0.2, 0.25) is 0 Å². The summed E-state index contributed by atoms with van der Waals surface area (Å²) in [5, 5.41) is 10.3. The highest BCUT2D eigenvalue weighted by Crippen LogP contribution is 2.26. The Morgan fingerprint density at radius 3 is 2.50 bits per heavy atom. The Balaban J connectivity index is 2.11. The van der Waals surface area contributed by atoms with Crippen LogP contribution in [0.15, 0.2) is 52.8 Å². The van der Waals surface area contributed by atoms with Gasteiger partial charge >= 0.3 is 0 Å². The largest absolute Gasteiger partial charge is 0.389 e. The topological polar surface area (TPSA) is 46.0 Å². The van der Waals surface area contributed by atoms with E-state index >= 15 is 0 Å². The van der Waals surface area contributed by atoms with Gasteiger partial charge in [-0.3, -0.25) is 0 Å². The minimum atomic E-state index is -0.418. The van der Waals surface area contributed by atoms with Gasteiger partial charge in [-0.05, 0) is 30.7 Å². The van der Waals surface area contributed by atoms with E-state index in [1.54, 1.807) is 24.9 Å². The summed E-state index contributed by atoms with van der Waals surface area (Å²) >= 11 is 1.58. The summed E-state index contributed by atoms with van der Waals surface area (Å²) in [7, 11) is 0. The van der Waals surface area contributed by atoms with Gasteiger partial charge in [0.2, 0.25) is 0 Å². The van der Waals surface area contributed by atoms with Crippen LogP contribution in [0.1, 0.15) is 18.6 Å². The highest BCUT2D eigenvalue weighted by Gasteiger charge is 2.01. The van der Waals surface area contributed by atoms with Crippen LogP contribution in [-0.4, -0.2) is 15.1 Å². The molecular weight excluding hydrogens is 220 g/mol. The van der Waals surface area contributed by atoms with Gasteiger partial charge < -0.3 is 5.11 Å². The lowest BCUT2D eigenvalue weighted by molar-refractivity contribution is 0.199. The zero-order chi connectivity index (χ0) is 11.4. The summed E-state index contributed by atoms with van der Waals surface area (Å²) in [6.07, 6.45) is 2.84. The number of benzene rings is 1. The molecule has 16 heavy (non-hydrogen) atoms. The molecule has 0 aliphatic carbocycles. The van der Waals surface area contributed by atoms with Crippen molar-refractivity contribution in [2.24, 2.45) is 0 Å². The maximum Gasteiger partial charge on any atom is 0.116 e. The molecule has 2 aromatic rings. The van der Waals surface area contributed by atoms with Crippen molar-refractivity contribution in [3.8, 4) is 0 Å². The first-order valence-electron chi connectivity index (χ1n) is 4.97. The van der Waals surface area contributed by atoms with Gasteiger partial charge in [-0.15, -0.1) is 0 Å². The molecule has 0 saturated carbocycles. The van der Waals surface area contributed by atoms with Crippen molar-refractivity contribution in [1.29, 1.82) is 0 Å². The zero-order valence-corrected chi connectivity index (χ0v) is 9.69. The lowest BCUT2D eigenvalue weighted by atomic mass is 10.1. The second kappa shape index (κ2) is 5.09. The highest BCUT2D eigenvalue weighted by atomic mass is 32.2. The first-order valence-corrected chi connectivity index (χ1v) is 5.79. The summed E-state index contributed by atoms with van der Waals surface area (Å²) in [5.74, 6) is 0. The fourth-order valence-electron chi connectivity index (χ4n) is 1.27. The highest BCUT2D eigenvalue weighted by molar-refractivity contribution is 7.99. The fourth-order valence-corrected chi connectivity index (χ4v) is 2.02. The molecule has 2 rings (SSSR count). The molecule has 1 aromatic heterocycles. The van der Waals surface area contributed by atoms with E-state index in [-0.39, 0.29) is 0 Å². The van der Waals surface area contributed by atoms with Crippen LogP contribution in [0.3, 0.4) is 0 Å². The summed E-state index contributed by atoms with van der Waals surface area (Å²) in [6.45, 7) is 1.76.